The van der Waals surface area contributed by atoms with Gasteiger partial charge in [-0.15, -0.1) is 0 Å². The van der Waals surface area contributed by atoms with Crippen molar-refractivity contribution in [1.82, 2.24) is 14.8 Å². The minimum absolute atomic E-state index is 0.00579. The highest BCUT2D eigenvalue weighted by atomic mass is 19.4. The summed E-state index contributed by atoms with van der Waals surface area (Å²) in [7, 11) is 1.99. The van der Waals surface area contributed by atoms with E-state index >= 15 is 4.39 Å². The maximum atomic E-state index is 15.8. The molecule has 8 nitrogen and oxygen atoms in total. The number of anilines is 2. The summed E-state index contributed by atoms with van der Waals surface area (Å²) >= 11 is 0. The molecule has 2 atom stereocenters. The van der Waals surface area contributed by atoms with Crippen molar-refractivity contribution < 1.29 is 27.2 Å². The Bertz CT molecular complexity index is 1470. The first kappa shape index (κ1) is 32.2. The van der Waals surface area contributed by atoms with Gasteiger partial charge in [0.1, 0.15) is 5.82 Å². The van der Waals surface area contributed by atoms with Crippen LogP contribution in [-0.2, 0) is 11.0 Å². The summed E-state index contributed by atoms with van der Waals surface area (Å²) in [5, 5.41) is 2.58. The number of nitrogens with one attached hydrogen (secondary N) is 2. The number of aromatic nitrogens is 1. The van der Waals surface area contributed by atoms with Gasteiger partial charge in [0.2, 0.25) is 11.5 Å². The van der Waals surface area contributed by atoms with Crippen LogP contribution in [0.15, 0.2) is 35.3 Å². The number of halogens is 4. The molecule has 12 heteroatoms. The minimum atomic E-state index is -4.94. The lowest BCUT2D eigenvalue weighted by Gasteiger charge is -2.44. The number of rotatable bonds is 5. The third kappa shape index (κ3) is 7.46. The van der Waals surface area contributed by atoms with Crippen LogP contribution in [-0.4, -0.2) is 71.9 Å². The Balaban J connectivity index is 1.72. The molecule has 2 aliphatic heterocycles. The van der Waals surface area contributed by atoms with Crippen LogP contribution in [0.1, 0.15) is 68.9 Å². The van der Waals surface area contributed by atoms with Gasteiger partial charge in [-0.3, -0.25) is 19.3 Å². The Morgan fingerprint density at radius 3 is 2.28 bits per heavy atom. The van der Waals surface area contributed by atoms with Crippen LogP contribution in [0.25, 0.3) is 5.57 Å². The molecule has 1 fully saturated rings. The lowest BCUT2D eigenvalue weighted by atomic mass is 9.91. The van der Waals surface area contributed by atoms with E-state index in [9.17, 15) is 27.6 Å². The summed E-state index contributed by atoms with van der Waals surface area (Å²) in [5.41, 5.74) is -1.95. The van der Waals surface area contributed by atoms with Crippen molar-refractivity contribution in [3.63, 3.8) is 0 Å². The summed E-state index contributed by atoms with van der Waals surface area (Å²) in [6, 6.07) is 3.28. The Labute approximate surface area is 248 Å². The molecular formula is C31H39F4N5O3. The predicted octanol–water partition coefficient (Wildman–Crippen LogP) is 5.37. The largest absolute Gasteiger partial charge is 0.417 e. The van der Waals surface area contributed by atoms with E-state index in [-0.39, 0.29) is 34.7 Å². The van der Waals surface area contributed by atoms with Crippen LogP contribution < -0.4 is 15.8 Å². The molecule has 0 bridgehead atoms. The standard InChI is InChI=1S/C31H39F4N5O3/c1-18-16-40(17-19(2)38(18)6)26-13-24(32)21(20-7-9-39(10-8-20)28(42)14-30(3,4)5)11-25(26)37-29(43)22-15-36-27(41)12-23(22)31(33,34)35/h7,11-13,15,18-19H,8-10,14,16-17H2,1-6H3,(H,36,41)(H,37,43)/t18-,19?/m1/s1. The predicted molar refractivity (Wildman–Crippen MR) is 159 cm³/mol. The van der Waals surface area contributed by atoms with Crippen LogP contribution in [0.3, 0.4) is 0 Å². The van der Waals surface area contributed by atoms with Gasteiger partial charge in [0.15, 0.2) is 0 Å². The molecule has 1 aromatic heterocycles. The van der Waals surface area contributed by atoms with Gasteiger partial charge in [0, 0.05) is 62.5 Å². The zero-order valence-corrected chi connectivity index (χ0v) is 25.4. The van der Waals surface area contributed by atoms with E-state index < -0.39 is 34.6 Å². The number of alkyl halides is 3. The Morgan fingerprint density at radius 1 is 1.07 bits per heavy atom. The van der Waals surface area contributed by atoms with Crippen LogP contribution >= 0.6 is 0 Å². The van der Waals surface area contributed by atoms with Gasteiger partial charge >= 0.3 is 6.18 Å². The average Bonchev–Trinajstić information content (AvgIpc) is 2.90. The number of carbonyl (C=O) groups excluding carboxylic acids is 2. The third-order valence-corrected chi connectivity index (χ3v) is 8.10. The fraction of sp³-hybridized carbons (Fsp3) is 0.516. The molecule has 234 valence electrons. The number of hydrogen-bond donors (Lipinski definition) is 2. The van der Waals surface area contributed by atoms with Crippen molar-refractivity contribution in [2.75, 3.05) is 43.4 Å². The molecule has 1 unspecified atom stereocenters. The summed E-state index contributed by atoms with van der Waals surface area (Å²) in [4.78, 5) is 45.6. The normalized spacial score (nSPS) is 20.2. The fourth-order valence-electron chi connectivity index (χ4n) is 5.56. The molecule has 0 radical (unpaired) electrons. The quantitative estimate of drug-likeness (QED) is 0.448. The van der Waals surface area contributed by atoms with Gasteiger partial charge in [-0.25, -0.2) is 4.39 Å². The topological polar surface area (TPSA) is 88.7 Å². The Hall–Kier alpha value is -3.67. The van der Waals surface area contributed by atoms with E-state index in [1.165, 1.54) is 12.1 Å². The minimum Gasteiger partial charge on any atom is -0.367 e. The highest BCUT2D eigenvalue weighted by Crippen LogP contribution is 2.37. The molecule has 1 saturated heterocycles. The van der Waals surface area contributed by atoms with Crippen LogP contribution in [0.5, 0.6) is 0 Å². The van der Waals surface area contributed by atoms with Crippen molar-refractivity contribution in [2.24, 2.45) is 5.41 Å². The van der Waals surface area contributed by atoms with Crippen LogP contribution in [0.4, 0.5) is 28.9 Å². The number of carbonyl (C=O) groups is 2. The Morgan fingerprint density at radius 2 is 1.72 bits per heavy atom. The first-order valence-electron chi connectivity index (χ1n) is 14.3. The molecule has 1 aromatic carbocycles. The van der Waals surface area contributed by atoms with E-state index in [4.69, 9.17) is 0 Å². The first-order valence-corrected chi connectivity index (χ1v) is 14.3. The number of piperazine rings is 1. The number of aromatic amines is 1. The highest BCUT2D eigenvalue weighted by Gasteiger charge is 2.36. The zero-order valence-electron chi connectivity index (χ0n) is 25.4. The number of likely N-dealkylation sites (N-methyl/N-ethyl adjacent to an activating group) is 1. The number of pyridine rings is 1. The average molecular weight is 606 g/mol. The molecule has 2 aliphatic rings. The summed E-state index contributed by atoms with van der Waals surface area (Å²) in [6.45, 7) is 11.7. The molecule has 0 saturated carbocycles. The van der Waals surface area contributed by atoms with Gasteiger partial charge in [0.05, 0.1) is 22.5 Å². The second-order valence-corrected chi connectivity index (χ2v) is 12.8. The highest BCUT2D eigenvalue weighted by molar-refractivity contribution is 6.07. The van der Waals surface area contributed by atoms with Crippen molar-refractivity contribution in [1.29, 1.82) is 0 Å². The van der Waals surface area contributed by atoms with Gasteiger partial charge in [-0.2, -0.15) is 13.2 Å². The zero-order chi connectivity index (χ0) is 31.9. The molecule has 3 heterocycles. The van der Waals surface area contributed by atoms with Crippen LogP contribution in [0.2, 0.25) is 0 Å². The van der Waals surface area contributed by atoms with Crippen molar-refractivity contribution in [2.45, 2.75) is 65.7 Å². The molecule has 0 aliphatic carbocycles. The summed E-state index contributed by atoms with van der Waals surface area (Å²) in [6.07, 6.45) is -1.68. The molecule has 2 amide bonds. The van der Waals surface area contributed by atoms with Crippen molar-refractivity contribution >= 4 is 28.8 Å². The lowest BCUT2D eigenvalue weighted by molar-refractivity contribution is -0.138. The maximum Gasteiger partial charge on any atom is 0.417 e. The van der Waals surface area contributed by atoms with Gasteiger partial charge in [-0.1, -0.05) is 26.8 Å². The van der Waals surface area contributed by atoms with Crippen LogP contribution in [0, 0.1) is 11.2 Å². The molecule has 4 rings (SSSR count). The second kappa shape index (κ2) is 12.1. The lowest BCUT2D eigenvalue weighted by Crippen LogP contribution is -2.55. The van der Waals surface area contributed by atoms with E-state index in [0.29, 0.717) is 56.3 Å². The van der Waals surface area contributed by atoms with Gasteiger partial charge in [-0.05, 0) is 50.4 Å². The second-order valence-electron chi connectivity index (χ2n) is 12.8. The smallest absolute Gasteiger partial charge is 0.367 e. The molecule has 0 spiro atoms. The number of hydrogen-bond acceptors (Lipinski definition) is 5. The Kier molecular flexibility index (Phi) is 9.10. The molecule has 2 aromatic rings. The fourth-order valence-corrected chi connectivity index (χ4v) is 5.56. The van der Waals surface area contributed by atoms with E-state index in [1.807, 2.05) is 46.6 Å². The van der Waals surface area contributed by atoms with Crippen molar-refractivity contribution in [3.8, 4) is 0 Å². The molecule has 2 N–H and O–H groups in total. The van der Waals surface area contributed by atoms with Gasteiger partial charge in [0.25, 0.3) is 5.91 Å². The number of H-pyrrole nitrogens is 1. The van der Waals surface area contributed by atoms with Gasteiger partial charge < -0.3 is 20.1 Å². The summed E-state index contributed by atoms with van der Waals surface area (Å²) in [5.74, 6) is -1.62. The maximum absolute atomic E-state index is 15.8. The summed E-state index contributed by atoms with van der Waals surface area (Å²) < 4.78 is 57.0. The SMILES string of the molecule is CC1CN(c2cc(F)c(C3=CCN(C(=O)CC(C)(C)C)CC3)cc2NC(=O)c2c[nH]c(=O)cc2C(F)(F)F)C[C@@H](C)N1C. The number of benzene rings is 1. The number of amides is 2. The van der Waals surface area contributed by atoms with E-state index in [2.05, 4.69) is 15.2 Å². The van der Waals surface area contributed by atoms with E-state index in [0.717, 1.165) is 6.20 Å². The van der Waals surface area contributed by atoms with E-state index in [1.54, 1.807) is 11.0 Å². The third-order valence-electron chi connectivity index (χ3n) is 8.10. The van der Waals surface area contributed by atoms with Crippen molar-refractivity contribution in [3.05, 3.63) is 63.3 Å². The first-order chi connectivity index (χ1) is 19.9. The molecule has 43 heavy (non-hydrogen) atoms. The monoisotopic (exact) mass is 605 g/mol. The number of nitrogens with zero attached hydrogens (tertiary/aromatic N) is 3. The molecular weight excluding hydrogens is 566 g/mol.